The van der Waals surface area contributed by atoms with Gasteiger partial charge in [-0.3, -0.25) is 0 Å². The SMILES string of the molecule is CC(C)OCCCCC(C)(C)CN. The second kappa shape index (κ2) is 6.39. The summed E-state index contributed by atoms with van der Waals surface area (Å²) in [7, 11) is 0. The van der Waals surface area contributed by atoms with Crippen molar-refractivity contribution in [2.24, 2.45) is 11.1 Å². The van der Waals surface area contributed by atoms with Gasteiger partial charge < -0.3 is 10.5 Å². The van der Waals surface area contributed by atoms with Crippen LogP contribution in [0.5, 0.6) is 0 Å². The molecule has 80 valence electrons. The van der Waals surface area contributed by atoms with Gasteiger partial charge in [0.05, 0.1) is 6.10 Å². The Hall–Kier alpha value is -0.0800. The topological polar surface area (TPSA) is 35.2 Å². The van der Waals surface area contributed by atoms with Gasteiger partial charge in [0.1, 0.15) is 0 Å². The molecule has 0 radical (unpaired) electrons. The quantitative estimate of drug-likeness (QED) is 0.622. The summed E-state index contributed by atoms with van der Waals surface area (Å²) in [5, 5.41) is 0. The van der Waals surface area contributed by atoms with Crippen LogP contribution in [-0.2, 0) is 4.74 Å². The molecular weight excluding hydrogens is 162 g/mol. The molecule has 13 heavy (non-hydrogen) atoms. The molecule has 0 aromatic carbocycles. The van der Waals surface area contributed by atoms with Crippen LogP contribution >= 0.6 is 0 Å². The lowest BCUT2D eigenvalue weighted by atomic mass is 9.87. The average molecular weight is 187 g/mol. The minimum absolute atomic E-state index is 0.303. The number of hydrogen-bond donors (Lipinski definition) is 1. The zero-order valence-corrected chi connectivity index (χ0v) is 9.60. The van der Waals surface area contributed by atoms with Crippen LogP contribution < -0.4 is 5.73 Å². The molecular formula is C11H25NO. The summed E-state index contributed by atoms with van der Waals surface area (Å²) in [6.45, 7) is 10.2. The number of nitrogens with two attached hydrogens (primary N) is 1. The lowest BCUT2D eigenvalue weighted by Crippen LogP contribution is -2.23. The molecule has 0 saturated carbocycles. The second-order valence-corrected chi connectivity index (χ2v) is 4.74. The van der Waals surface area contributed by atoms with E-state index in [9.17, 15) is 0 Å². The van der Waals surface area contributed by atoms with Gasteiger partial charge in [-0.1, -0.05) is 20.3 Å². The highest BCUT2D eigenvalue weighted by Crippen LogP contribution is 2.21. The van der Waals surface area contributed by atoms with Gasteiger partial charge >= 0.3 is 0 Å². The zero-order chi connectivity index (χ0) is 10.3. The predicted molar refractivity (Wildman–Crippen MR) is 57.8 cm³/mol. The molecule has 0 aliphatic heterocycles. The third kappa shape index (κ3) is 8.26. The van der Waals surface area contributed by atoms with Crippen molar-refractivity contribution in [2.75, 3.05) is 13.2 Å². The van der Waals surface area contributed by atoms with E-state index in [0.717, 1.165) is 19.6 Å². The Kier molecular flexibility index (Phi) is 6.35. The smallest absolute Gasteiger partial charge is 0.0518 e. The molecule has 0 heterocycles. The molecule has 0 bridgehead atoms. The highest BCUT2D eigenvalue weighted by atomic mass is 16.5. The summed E-state index contributed by atoms with van der Waals surface area (Å²) in [5.41, 5.74) is 5.94. The third-order valence-electron chi connectivity index (χ3n) is 2.25. The Morgan fingerprint density at radius 1 is 1.23 bits per heavy atom. The van der Waals surface area contributed by atoms with E-state index in [2.05, 4.69) is 27.7 Å². The molecule has 0 aliphatic rings. The van der Waals surface area contributed by atoms with Crippen molar-refractivity contribution in [1.82, 2.24) is 0 Å². The highest BCUT2D eigenvalue weighted by molar-refractivity contribution is 4.68. The lowest BCUT2D eigenvalue weighted by Gasteiger charge is -2.21. The normalized spacial score (nSPS) is 12.5. The summed E-state index contributed by atoms with van der Waals surface area (Å²) in [6.07, 6.45) is 3.94. The maximum absolute atomic E-state index is 5.64. The summed E-state index contributed by atoms with van der Waals surface area (Å²) in [5.74, 6) is 0. The van der Waals surface area contributed by atoms with Crippen LogP contribution in [0.15, 0.2) is 0 Å². The van der Waals surface area contributed by atoms with Crippen LogP contribution in [0.1, 0.15) is 47.0 Å². The first kappa shape index (κ1) is 12.9. The molecule has 2 heteroatoms. The van der Waals surface area contributed by atoms with Gasteiger partial charge in [-0.05, 0) is 38.6 Å². The van der Waals surface area contributed by atoms with E-state index in [1.54, 1.807) is 0 Å². The van der Waals surface area contributed by atoms with Crippen molar-refractivity contribution >= 4 is 0 Å². The van der Waals surface area contributed by atoms with Crippen LogP contribution in [0.25, 0.3) is 0 Å². The maximum Gasteiger partial charge on any atom is 0.0518 e. The van der Waals surface area contributed by atoms with Crippen LogP contribution in [0.2, 0.25) is 0 Å². The monoisotopic (exact) mass is 187 g/mol. The van der Waals surface area contributed by atoms with E-state index in [1.807, 2.05) is 0 Å². The van der Waals surface area contributed by atoms with Gasteiger partial charge in [0.15, 0.2) is 0 Å². The standard InChI is InChI=1S/C11H25NO/c1-10(2)13-8-6-5-7-11(3,4)9-12/h10H,5-9,12H2,1-4H3. The Balaban J connectivity index is 3.26. The van der Waals surface area contributed by atoms with Gasteiger partial charge in [-0.2, -0.15) is 0 Å². The van der Waals surface area contributed by atoms with Crippen LogP contribution in [-0.4, -0.2) is 19.3 Å². The fourth-order valence-corrected chi connectivity index (χ4v) is 1.13. The molecule has 0 unspecified atom stereocenters. The zero-order valence-electron chi connectivity index (χ0n) is 9.60. The minimum Gasteiger partial charge on any atom is -0.379 e. The largest absolute Gasteiger partial charge is 0.379 e. The average Bonchev–Trinajstić information content (AvgIpc) is 2.03. The number of ether oxygens (including phenoxy) is 1. The summed E-state index contributed by atoms with van der Waals surface area (Å²) >= 11 is 0. The van der Waals surface area contributed by atoms with E-state index in [0.29, 0.717) is 11.5 Å². The van der Waals surface area contributed by atoms with Gasteiger partial charge in [0.25, 0.3) is 0 Å². The van der Waals surface area contributed by atoms with Crippen LogP contribution in [0, 0.1) is 5.41 Å². The van der Waals surface area contributed by atoms with Gasteiger partial charge in [0.2, 0.25) is 0 Å². The number of hydrogen-bond acceptors (Lipinski definition) is 2. The molecule has 0 spiro atoms. The number of unbranched alkanes of at least 4 members (excludes halogenated alkanes) is 1. The fourth-order valence-electron chi connectivity index (χ4n) is 1.13. The minimum atomic E-state index is 0.303. The van der Waals surface area contributed by atoms with Crippen molar-refractivity contribution in [3.63, 3.8) is 0 Å². The van der Waals surface area contributed by atoms with Gasteiger partial charge in [0, 0.05) is 6.61 Å². The second-order valence-electron chi connectivity index (χ2n) is 4.74. The Morgan fingerprint density at radius 2 is 1.85 bits per heavy atom. The Bertz CT molecular complexity index is 121. The van der Waals surface area contributed by atoms with Gasteiger partial charge in [-0.15, -0.1) is 0 Å². The van der Waals surface area contributed by atoms with Crippen molar-refractivity contribution < 1.29 is 4.74 Å². The molecule has 0 fully saturated rings. The van der Waals surface area contributed by atoms with E-state index in [4.69, 9.17) is 10.5 Å². The number of rotatable bonds is 7. The fraction of sp³-hybridized carbons (Fsp3) is 1.00. The summed E-state index contributed by atoms with van der Waals surface area (Å²) in [6, 6.07) is 0. The van der Waals surface area contributed by atoms with E-state index in [-0.39, 0.29) is 0 Å². The first-order chi connectivity index (χ1) is 5.98. The van der Waals surface area contributed by atoms with Crippen molar-refractivity contribution in [2.45, 2.75) is 53.1 Å². The third-order valence-corrected chi connectivity index (χ3v) is 2.25. The molecule has 2 nitrogen and oxygen atoms in total. The molecule has 0 rings (SSSR count). The van der Waals surface area contributed by atoms with Crippen LogP contribution in [0.3, 0.4) is 0 Å². The van der Waals surface area contributed by atoms with Crippen molar-refractivity contribution in [3.8, 4) is 0 Å². The highest BCUT2D eigenvalue weighted by Gasteiger charge is 2.14. The Labute approximate surface area is 82.8 Å². The molecule has 0 atom stereocenters. The van der Waals surface area contributed by atoms with Crippen molar-refractivity contribution in [3.05, 3.63) is 0 Å². The van der Waals surface area contributed by atoms with E-state index >= 15 is 0 Å². The summed E-state index contributed by atoms with van der Waals surface area (Å²) < 4.78 is 5.46. The molecule has 0 aromatic rings. The molecule has 2 N–H and O–H groups in total. The maximum atomic E-state index is 5.64. The van der Waals surface area contributed by atoms with E-state index < -0.39 is 0 Å². The first-order valence-electron chi connectivity index (χ1n) is 5.29. The van der Waals surface area contributed by atoms with Crippen LogP contribution in [0.4, 0.5) is 0 Å². The van der Waals surface area contributed by atoms with Crippen molar-refractivity contribution in [1.29, 1.82) is 0 Å². The lowest BCUT2D eigenvalue weighted by molar-refractivity contribution is 0.0742. The van der Waals surface area contributed by atoms with Gasteiger partial charge in [-0.25, -0.2) is 0 Å². The molecule has 0 aliphatic carbocycles. The molecule has 0 amide bonds. The molecule has 0 aromatic heterocycles. The first-order valence-corrected chi connectivity index (χ1v) is 5.29. The predicted octanol–water partition coefficient (Wildman–Crippen LogP) is 2.57. The molecule has 0 saturated heterocycles. The van der Waals surface area contributed by atoms with E-state index in [1.165, 1.54) is 12.8 Å². The Morgan fingerprint density at radius 3 is 2.31 bits per heavy atom. The summed E-state index contributed by atoms with van der Waals surface area (Å²) in [4.78, 5) is 0.